The van der Waals surface area contributed by atoms with Gasteiger partial charge in [0, 0.05) is 6.20 Å². The number of nitriles is 1. The van der Waals surface area contributed by atoms with Crippen molar-refractivity contribution in [1.82, 2.24) is 4.98 Å². The lowest BCUT2D eigenvalue weighted by atomic mass is 10.1. The van der Waals surface area contributed by atoms with Crippen LogP contribution in [0.5, 0.6) is 0 Å². The highest BCUT2D eigenvalue weighted by molar-refractivity contribution is 6.30. The van der Waals surface area contributed by atoms with Gasteiger partial charge in [-0.3, -0.25) is 10.1 Å². The molecule has 0 bridgehead atoms. The summed E-state index contributed by atoms with van der Waals surface area (Å²) < 4.78 is 24.9. The molecule has 1 heterocycles. The third-order valence-electron chi connectivity index (χ3n) is 1.80. The van der Waals surface area contributed by atoms with Crippen LogP contribution in [-0.2, 0) is 6.42 Å². The Balaban J connectivity index is 3.51. The fraction of sp³-hybridized carbons (Fsp3) is 0.250. The number of hydrogen-bond acceptors (Lipinski definition) is 4. The molecule has 0 saturated carbocycles. The van der Waals surface area contributed by atoms with E-state index in [0.717, 1.165) is 0 Å². The fourth-order valence-electron chi connectivity index (χ4n) is 1.15. The minimum absolute atomic E-state index is 0.285. The van der Waals surface area contributed by atoms with Gasteiger partial charge in [-0.15, -0.1) is 0 Å². The Hall–Kier alpha value is -1.81. The zero-order valence-electron chi connectivity index (χ0n) is 7.65. The third-order valence-corrected chi connectivity index (χ3v) is 2.12. The number of pyridine rings is 1. The van der Waals surface area contributed by atoms with E-state index < -0.39 is 29.0 Å². The Morgan fingerprint density at radius 3 is 2.75 bits per heavy atom. The maximum absolute atomic E-state index is 12.5. The van der Waals surface area contributed by atoms with E-state index in [9.17, 15) is 18.9 Å². The van der Waals surface area contributed by atoms with Crippen LogP contribution in [-0.4, -0.2) is 9.91 Å². The van der Waals surface area contributed by atoms with Crippen molar-refractivity contribution in [2.45, 2.75) is 12.8 Å². The van der Waals surface area contributed by atoms with Gasteiger partial charge in [0.1, 0.15) is 10.7 Å². The van der Waals surface area contributed by atoms with Gasteiger partial charge < -0.3 is 0 Å². The summed E-state index contributed by atoms with van der Waals surface area (Å²) in [7, 11) is 0. The Morgan fingerprint density at radius 2 is 2.31 bits per heavy atom. The number of halogens is 3. The van der Waals surface area contributed by atoms with Crippen molar-refractivity contribution < 1.29 is 13.7 Å². The van der Waals surface area contributed by atoms with E-state index in [1.54, 1.807) is 6.07 Å². The summed E-state index contributed by atoms with van der Waals surface area (Å²) in [5.74, 6) is 0. The third kappa shape index (κ3) is 2.23. The standard InChI is InChI=1S/C8H4ClF2N3O2/c9-7-4(1-2-12)6(14(15)16)5(3-13-7)8(10)11/h3,8H,1H2. The first kappa shape index (κ1) is 12.3. The smallest absolute Gasteiger partial charge is 0.258 e. The highest BCUT2D eigenvalue weighted by Gasteiger charge is 2.28. The monoisotopic (exact) mass is 247 g/mol. The van der Waals surface area contributed by atoms with Crippen molar-refractivity contribution in [2.24, 2.45) is 0 Å². The number of hydrogen-bond donors (Lipinski definition) is 0. The molecule has 1 rings (SSSR count). The molecule has 0 aromatic carbocycles. The van der Waals surface area contributed by atoms with Crippen LogP contribution in [0.1, 0.15) is 17.6 Å². The van der Waals surface area contributed by atoms with E-state index in [1.807, 2.05) is 0 Å². The van der Waals surface area contributed by atoms with Crippen LogP contribution in [0.4, 0.5) is 14.5 Å². The Morgan fingerprint density at radius 1 is 1.69 bits per heavy atom. The average Bonchev–Trinajstić information content (AvgIpc) is 2.20. The summed E-state index contributed by atoms with van der Waals surface area (Å²) in [6, 6.07) is 1.61. The summed E-state index contributed by atoms with van der Waals surface area (Å²) >= 11 is 5.52. The zero-order valence-corrected chi connectivity index (χ0v) is 8.41. The Kier molecular flexibility index (Phi) is 3.68. The molecule has 1 aromatic heterocycles. The first-order valence-electron chi connectivity index (χ1n) is 3.95. The minimum Gasteiger partial charge on any atom is -0.258 e. The summed E-state index contributed by atoms with van der Waals surface area (Å²) in [6.45, 7) is 0. The van der Waals surface area contributed by atoms with Gasteiger partial charge in [0.15, 0.2) is 0 Å². The van der Waals surface area contributed by atoms with Gasteiger partial charge in [-0.2, -0.15) is 5.26 Å². The highest BCUT2D eigenvalue weighted by atomic mass is 35.5. The van der Waals surface area contributed by atoms with E-state index >= 15 is 0 Å². The minimum atomic E-state index is -3.04. The molecule has 0 N–H and O–H groups in total. The van der Waals surface area contributed by atoms with Crippen LogP contribution < -0.4 is 0 Å². The predicted molar refractivity (Wildman–Crippen MR) is 50.2 cm³/mol. The molecule has 0 fully saturated rings. The van der Waals surface area contributed by atoms with Crippen molar-refractivity contribution in [3.63, 3.8) is 0 Å². The lowest BCUT2D eigenvalue weighted by Gasteiger charge is -2.05. The highest BCUT2D eigenvalue weighted by Crippen LogP contribution is 2.34. The molecule has 0 spiro atoms. The van der Waals surface area contributed by atoms with Gasteiger partial charge in [0.05, 0.1) is 23.0 Å². The molecule has 0 unspecified atom stereocenters. The summed E-state index contributed by atoms with van der Waals surface area (Å²) in [6.07, 6.45) is -2.84. The van der Waals surface area contributed by atoms with Crippen LogP contribution in [0, 0.1) is 21.4 Å². The topological polar surface area (TPSA) is 79.8 Å². The van der Waals surface area contributed by atoms with E-state index in [1.165, 1.54) is 0 Å². The fourth-order valence-corrected chi connectivity index (χ4v) is 1.35. The molecule has 16 heavy (non-hydrogen) atoms. The summed E-state index contributed by atoms with van der Waals surface area (Å²) in [5, 5.41) is 18.8. The van der Waals surface area contributed by atoms with Crippen molar-refractivity contribution >= 4 is 17.3 Å². The van der Waals surface area contributed by atoms with Gasteiger partial charge in [-0.1, -0.05) is 11.6 Å². The molecule has 0 radical (unpaired) electrons. The van der Waals surface area contributed by atoms with Gasteiger partial charge in [-0.05, 0) is 0 Å². The van der Waals surface area contributed by atoms with Gasteiger partial charge in [0.25, 0.3) is 12.1 Å². The average molecular weight is 248 g/mol. The van der Waals surface area contributed by atoms with E-state index in [0.29, 0.717) is 6.20 Å². The lowest BCUT2D eigenvalue weighted by Crippen LogP contribution is -2.03. The molecule has 84 valence electrons. The maximum atomic E-state index is 12.5. The van der Waals surface area contributed by atoms with E-state index in [-0.39, 0.29) is 10.7 Å². The van der Waals surface area contributed by atoms with Crippen LogP contribution in [0.25, 0.3) is 0 Å². The predicted octanol–water partition coefficient (Wildman–Crippen LogP) is 2.65. The number of nitro groups is 1. The number of rotatable bonds is 3. The van der Waals surface area contributed by atoms with E-state index in [4.69, 9.17) is 16.9 Å². The molecular formula is C8H4ClF2N3O2. The van der Waals surface area contributed by atoms with Crippen molar-refractivity contribution in [3.8, 4) is 6.07 Å². The quantitative estimate of drug-likeness (QED) is 0.467. The molecule has 5 nitrogen and oxygen atoms in total. The molecule has 0 amide bonds. The Labute approximate surface area is 93.4 Å². The SMILES string of the molecule is N#CCc1c(Cl)ncc(C(F)F)c1[N+](=O)[O-]. The van der Waals surface area contributed by atoms with Crippen molar-refractivity contribution in [2.75, 3.05) is 0 Å². The Bertz CT molecular complexity index is 473. The van der Waals surface area contributed by atoms with Crippen LogP contribution in [0.2, 0.25) is 5.15 Å². The molecule has 0 aliphatic carbocycles. The van der Waals surface area contributed by atoms with E-state index in [2.05, 4.69) is 4.98 Å². The molecular weight excluding hydrogens is 244 g/mol. The first-order chi connectivity index (χ1) is 7.49. The summed E-state index contributed by atoms with van der Waals surface area (Å²) in [5.41, 5.74) is -1.96. The summed E-state index contributed by atoms with van der Waals surface area (Å²) in [4.78, 5) is 13.1. The molecule has 0 saturated heterocycles. The second-order valence-corrected chi connectivity index (χ2v) is 3.08. The van der Waals surface area contributed by atoms with Crippen LogP contribution in [0.3, 0.4) is 0 Å². The lowest BCUT2D eigenvalue weighted by molar-refractivity contribution is -0.387. The molecule has 0 aliphatic rings. The second-order valence-electron chi connectivity index (χ2n) is 2.72. The van der Waals surface area contributed by atoms with Crippen molar-refractivity contribution in [1.29, 1.82) is 5.26 Å². The van der Waals surface area contributed by atoms with Gasteiger partial charge in [0.2, 0.25) is 0 Å². The van der Waals surface area contributed by atoms with Gasteiger partial charge >= 0.3 is 0 Å². The number of nitrogens with zero attached hydrogens (tertiary/aromatic N) is 3. The van der Waals surface area contributed by atoms with Crippen molar-refractivity contribution in [3.05, 3.63) is 32.6 Å². The van der Waals surface area contributed by atoms with Crippen LogP contribution in [0.15, 0.2) is 6.20 Å². The second kappa shape index (κ2) is 4.81. The largest absolute Gasteiger partial charge is 0.287 e. The normalized spacial score (nSPS) is 10.2. The molecule has 0 atom stereocenters. The number of alkyl halides is 2. The number of aromatic nitrogens is 1. The van der Waals surface area contributed by atoms with Gasteiger partial charge in [-0.25, -0.2) is 13.8 Å². The first-order valence-corrected chi connectivity index (χ1v) is 4.33. The maximum Gasteiger partial charge on any atom is 0.287 e. The van der Waals surface area contributed by atoms with Crippen LogP contribution >= 0.6 is 11.6 Å². The zero-order chi connectivity index (χ0) is 12.3. The molecule has 0 aliphatic heterocycles. The molecule has 8 heteroatoms. The molecule has 1 aromatic rings.